The van der Waals surface area contributed by atoms with E-state index in [2.05, 4.69) is 30.7 Å². The number of amides is 2. The number of hydrogen-bond donors (Lipinski definition) is 2. The molecule has 166 valence electrons. The maximum atomic E-state index is 12.8. The largest absolute Gasteiger partial charge is 0.493 e. The Morgan fingerprint density at radius 2 is 1.72 bits per heavy atom. The van der Waals surface area contributed by atoms with Gasteiger partial charge in [0.1, 0.15) is 0 Å². The first-order chi connectivity index (χ1) is 15.7. The zero-order valence-electron chi connectivity index (χ0n) is 18.0. The van der Waals surface area contributed by atoms with Crippen molar-refractivity contribution in [3.8, 4) is 11.5 Å². The normalized spacial score (nSPS) is 13.4. The number of nitrogens with zero attached hydrogens (tertiary/aromatic N) is 5. The molecule has 2 N–H and O–H groups in total. The first-order valence-corrected chi connectivity index (χ1v) is 10.2. The van der Waals surface area contributed by atoms with Crippen molar-refractivity contribution in [2.24, 2.45) is 0 Å². The summed E-state index contributed by atoms with van der Waals surface area (Å²) in [5, 5.41) is 14.7. The third-order valence-corrected chi connectivity index (χ3v) is 5.14. The molecule has 0 radical (unpaired) electrons. The molecule has 0 aliphatic carbocycles. The highest BCUT2D eigenvalue weighted by molar-refractivity contribution is 5.91. The van der Waals surface area contributed by atoms with E-state index in [-0.39, 0.29) is 6.03 Å². The molecule has 1 fully saturated rings. The Hall–Kier alpha value is -4.08. The molecule has 0 atom stereocenters. The van der Waals surface area contributed by atoms with E-state index in [9.17, 15) is 4.79 Å². The van der Waals surface area contributed by atoms with Gasteiger partial charge in [0.25, 0.3) is 0 Å². The van der Waals surface area contributed by atoms with Crippen LogP contribution in [0.1, 0.15) is 0 Å². The number of piperazine rings is 1. The van der Waals surface area contributed by atoms with Crippen LogP contribution in [0.15, 0.2) is 54.9 Å². The Balaban J connectivity index is 1.32. The van der Waals surface area contributed by atoms with E-state index in [0.717, 1.165) is 11.5 Å². The summed E-state index contributed by atoms with van der Waals surface area (Å²) in [6.07, 6.45) is 3.42. The fourth-order valence-corrected chi connectivity index (χ4v) is 3.46. The standard InChI is InChI=1S/C22H25N7O3/c1-31-18-5-3-4-17(21(18)32-2)25-22(30)29-14-12-28(13-15-29)20-7-6-19(26-27-20)24-16-8-10-23-11-9-16/h3-11H,12-15H2,1-2H3,(H,25,30)(H,23,24,26). The van der Waals surface area contributed by atoms with Crippen molar-refractivity contribution in [2.75, 3.05) is 55.9 Å². The summed E-state index contributed by atoms with van der Waals surface area (Å²) in [5.41, 5.74) is 1.47. The van der Waals surface area contributed by atoms with Gasteiger partial charge in [0.2, 0.25) is 0 Å². The van der Waals surface area contributed by atoms with Crippen LogP contribution in [0.4, 0.5) is 27.8 Å². The Morgan fingerprint density at radius 1 is 0.938 bits per heavy atom. The SMILES string of the molecule is COc1cccc(NC(=O)N2CCN(c3ccc(Nc4ccncc4)nn3)CC2)c1OC. The summed E-state index contributed by atoms with van der Waals surface area (Å²) in [6, 6.07) is 12.7. The molecule has 1 aliphatic rings. The lowest BCUT2D eigenvalue weighted by Gasteiger charge is -2.35. The molecule has 10 nitrogen and oxygen atoms in total. The Bertz CT molecular complexity index is 1040. The maximum absolute atomic E-state index is 12.8. The summed E-state index contributed by atoms with van der Waals surface area (Å²) >= 11 is 0. The number of rotatable bonds is 6. The number of urea groups is 1. The van der Waals surface area contributed by atoms with E-state index in [0.29, 0.717) is 49.2 Å². The summed E-state index contributed by atoms with van der Waals surface area (Å²) < 4.78 is 10.7. The number of pyridine rings is 1. The van der Waals surface area contributed by atoms with Gasteiger partial charge in [-0.05, 0) is 36.4 Å². The third kappa shape index (κ3) is 4.80. The van der Waals surface area contributed by atoms with Crippen molar-refractivity contribution < 1.29 is 14.3 Å². The van der Waals surface area contributed by atoms with Gasteiger partial charge in [0.15, 0.2) is 23.1 Å². The number of aromatic nitrogens is 3. The molecule has 32 heavy (non-hydrogen) atoms. The van der Waals surface area contributed by atoms with Gasteiger partial charge in [-0.1, -0.05) is 6.07 Å². The van der Waals surface area contributed by atoms with E-state index in [1.165, 1.54) is 0 Å². The second-order valence-corrected chi connectivity index (χ2v) is 7.08. The van der Waals surface area contributed by atoms with Crippen molar-refractivity contribution in [3.63, 3.8) is 0 Å². The molecule has 1 saturated heterocycles. The van der Waals surface area contributed by atoms with Crippen LogP contribution in [0.5, 0.6) is 11.5 Å². The summed E-state index contributed by atoms with van der Waals surface area (Å²) in [5.74, 6) is 2.50. The van der Waals surface area contributed by atoms with Crippen LogP contribution in [0, 0.1) is 0 Å². The number of carbonyl (C=O) groups excluding carboxylic acids is 1. The van der Waals surface area contributed by atoms with E-state index >= 15 is 0 Å². The van der Waals surface area contributed by atoms with Gasteiger partial charge in [-0.15, -0.1) is 10.2 Å². The second-order valence-electron chi connectivity index (χ2n) is 7.08. The summed E-state index contributed by atoms with van der Waals surface area (Å²) in [6.45, 7) is 2.45. The molecule has 3 aromatic rings. The van der Waals surface area contributed by atoms with Crippen LogP contribution in [0.2, 0.25) is 0 Å². The molecule has 1 aromatic carbocycles. The molecular formula is C22H25N7O3. The monoisotopic (exact) mass is 435 g/mol. The predicted molar refractivity (Wildman–Crippen MR) is 122 cm³/mol. The number of nitrogens with one attached hydrogen (secondary N) is 2. The number of benzene rings is 1. The van der Waals surface area contributed by atoms with Gasteiger partial charge in [-0.2, -0.15) is 0 Å². The van der Waals surface area contributed by atoms with Gasteiger partial charge in [-0.3, -0.25) is 4.98 Å². The highest BCUT2D eigenvalue weighted by atomic mass is 16.5. The number of methoxy groups -OCH3 is 2. The van der Waals surface area contributed by atoms with Crippen molar-refractivity contribution in [2.45, 2.75) is 0 Å². The van der Waals surface area contributed by atoms with Crippen molar-refractivity contribution in [3.05, 3.63) is 54.9 Å². The minimum atomic E-state index is -0.181. The lowest BCUT2D eigenvalue weighted by Crippen LogP contribution is -2.50. The number of carbonyl (C=O) groups is 1. The molecule has 4 rings (SSSR count). The van der Waals surface area contributed by atoms with Crippen LogP contribution in [-0.2, 0) is 0 Å². The molecule has 0 bridgehead atoms. The Morgan fingerprint density at radius 3 is 2.38 bits per heavy atom. The molecule has 0 unspecified atom stereocenters. The summed E-state index contributed by atoms with van der Waals surface area (Å²) in [7, 11) is 3.11. The van der Waals surface area contributed by atoms with E-state index in [1.54, 1.807) is 49.7 Å². The van der Waals surface area contributed by atoms with Crippen LogP contribution in [0.3, 0.4) is 0 Å². The van der Waals surface area contributed by atoms with Gasteiger partial charge < -0.3 is 29.9 Å². The third-order valence-electron chi connectivity index (χ3n) is 5.14. The minimum absolute atomic E-state index is 0.181. The molecule has 0 spiro atoms. The number of hydrogen-bond acceptors (Lipinski definition) is 8. The zero-order valence-corrected chi connectivity index (χ0v) is 18.0. The van der Waals surface area contributed by atoms with Crippen LogP contribution < -0.4 is 25.0 Å². The fourth-order valence-electron chi connectivity index (χ4n) is 3.46. The minimum Gasteiger partial charge on any atom is -0.493 e. The molecule has 10 heteroatoms. The number of anilines is 4. The highest BCUT2D eigenvalue weighted by Crippen LogP contribution is 2.34. The van der Waals surface area contributed by atoms with E-state index in [4.69, 9.17) is 9.47 Å². The van der Waals surface area contributed by atoms with Gasteiger partial charge in [-0.25, -0.2) is 4.79 Å². The topological polar surface area (TPSA) is 105 Å². The zero-order chi connectivity index (χ0) is 22.3. The first-order valence-electron chi connectivity index (χ1n) is 10.2. The van der Waals surface area contributed by atoms with E-state index < -0.39 is 0 Å². The van der Waals surface area contributed by atoms with Gasteiger partial charge >= 0.3 is 6.03 Å². The quantitative estimate of drug-likeness (QED) is 0.609. The van der Waals surface area contributed by atoms with E-state index in [1.807, 2.05) is 24.3 Å². The maximum Gasteiger partial charge on any atom is 0.322 e. The smallest absolute Gasteiger partial charge is 0.322 e. The molecule has 2 amide bonds. The molecule has 3 heterocycles. The predicted octanol–water partition coefficient (Wildman–Crippen LogP) is 2.99. The van der Waals surface area contributed by atoms with Crippen molar-refractivity contribution in [1.82, 2.24) is 20.1 Å². The number of ether oxygens (including phenoxy) is 2. The van der Waals surface area contributed by atoms with Crippen LogP contribution in [0.25, 0.3) is 0 Å². The summed E-state index contributed by atoms with van der Waals surface area (Å²) in [4.78, 5) is 20.6. The second kappa shape index (κ2) is 9.82. The first kappa shape index (κ1) is 21.2. The Labute approximate surface area is 186 Å². The molecule has 0 saturated carbocycles. The van der Waals surface area contributed by atoms with Crippen molar-refractivity contribution in [1.29, 1.82) is 0 Å². The van der Waals surface area contributed by atoms with Crippen LogP contribution >= 0.6 is 0 Å². The molecule has 2 aromatic heterocycles. The number of para-hydroxylation sites is 1. The fraction of sp³-hybridized carbons (Fsp3) is 0.273. The van der Waals surface area contributed by atoms with Gasteiger partial charge in [0, 0.05) is 44.3 Å². The van der Waals surface area contributed by atoms with Crippen LogP contribution in [-0.4, -0.2) is 66.5 Å². The molecule has 1 aliphatic heterocycles. The Kier molecular flexibility index (Phi) is 6.49. The average Bonchev–Trinajstić information content (AvgIpc) is 2.85. The van der Waals surface area contributed by atoms with Gasteiger partial charge in [0.05, 0.1) is 19.9 Å². The highest BCUT2D eigenvalue weighted by Gasteiger charge is 2.23. The average molecular weight is 435 g/mol. The van der Waals surface area contributed by atoms with Crippen molar-refractivity contribution >= 4 is 29.0 Å². The molecular weight excluding hydrogens is 410 g/mol. The lowest BCUT2D eigenvalue weighted by molar-refractivity contribution is 0.208. The lowest BCUT2D eigenvalue weighted by atomic mass is 10.2.